The van der Waals surface area contributed by atoms with Crippen LogP contribution in [0.1, 0.15) is 5.56 Å². The summed E-state index contributed by atoms with van der Waals surface area (Å²) < 4.78 is 0. The number of hydrogen-bond donors (Lipinski definition) is 0. The summed E-state index contributed by atoms with van der Waals surface area (Å²) >= 11 is 0. The van der Waals surface area contributed by atoms with Gasteiger partial charge in [-0.05, 0) is 5.56 Å². The van der Waals surface area contributed by atoms with E-state index in [1.54, 1.807) is 12.1 Å². The predicted molar refractivity (Wildman–Crippen MR) is 63.2 cm³/mol. The summed E-state index contributed by atoms with van der Waals surface area (Å²) in [6, 6.07) is 7.17. The fraction of sp³-hybridized carbons (Fsp3) is 0.143. The summed E-state index contributed by atoms with van der Waals surface area (Å²) in [5.41, 5.74) is 1.57. The highest BCUT2D eigenvalue weighted by molar-refractivity contribution is 5.87. The van der Waals surface area contributed by atoms with Crippen LogP contribution in [0.3, 0.4) is 0 Å². The lowest BCUT2D eigenvalue weighted by Crippen LogP contribution is -2.11. The van der Waals surface area contributed by atoms with Crippen LogP contribution in [0.25, 0.3) is 4.85 Å². The molecule has 0 bridgehead atoms. The normalized spacial score (nSPS) is 13.9. The van der Waals surface area contributed by atoms with E-state index in [1.807, 2.05) is 36.4 Å². The van der Waals surface area contributed by atoms with Gasteiger partial charge in [0.25, 0.3) is 0 Å². The second-order valence-corrected chi connectivity index (χ2v) is 3.72. The van der Waals surface area contributed by atoms with Crippen LogP contribution >= 0.6 is 0 Å². The van der Waals surface area contributed by atoms with Crippen molar-refractivity contribution in [1.29, 1.82) is 0 Å². The van der Waals surface area contributed by atoms with E-state index in [2.05, 4.69) is 4.85 Å². The summed E-state index contributed by atoms with van der Waals surface area (Å²) in [7, 11) is 0. The van der Waals surface area contributed by atoms with E-state index in [-0.39, 0.29) is 11.7 Å². The summed E-state index contributed by atoms with van der Waals surface area (Å²) in [6.45, 7) is 6.83. The molecule has 0 saturated carbocycles. The zero-order valence-electron chi connectivity index (χ0n) is 8.76. The molecular formula is C14H11NO. The Bertz CT molecular complexity index is 476. The number of ketones is 1. The molecule has 16 heavy (non-hydrogen) atoms. The van der Waals surface area contributed by atoms with E-state index in [9.17, 15) is 4.79 Å². The Labute approximate surface area is 94.7 Å². The lowest BCUT2D eigenvalue weighted by molar-refractivity contribution is -0.119. The zero-order valence-corrected chi connectivity index (χ0v) is 8.76. The van der Waals surface area contributed by atoms with Gasteiger partial charge in [0.05, 0.1) is 12.5 Å². The topological polar surface area (TPSA) is 21.4 Å². The summed E-state index contributed by atoms with van der Waals surface area (Å²) in [5, 5.41) is 0. The minimum atomic E-state index is -0.0689. The first-order valence-corrected chi connectivity index (χ1v) is 5.14. The maximum atomic E-state index is 11.8. The Morgan fingerprint density at radius 3 is 2.38 bits per heavy atom. The number of Topliss-reactive ketones (excluding diaryl/α,β-unsaturated/α-hetero) is 1. The third kappa shape index (κ3) is 2.26. The molecule has 0 N–H and O–H groups in total. The van der Waals surface area contributed by atoms with Gasteiger partial charge in [-0.1, -0.05) is 48.6 Å². The van der Waals surface area contributed by atoms with Gasteiger partial charge < -0.3 is 0 Å². The van der Waals surface area contributed by atoms with Crippen LogP contribution in [-0.2, 0) is 11.2 Å². The quantitative estimate of drug-likeness (QED) is 0.701. The summed E-state index contributed by atoms with van der Waals surface area (Å²) in [5.74, 6) is 0.126. The first kappa shape index (κ1) is 10.4. The second-order valence-electron chi connectivity index (χ2n) is 3.72. The molecule has 0 spiro atoms. The predicted octanol–water partition coefficient (Wildman–Crippen LogP) is 3.09. The van der Waals surface area contributed by atoms with E-state index in [4.69, 9.17) is 6.57 Å². The first-order valence-electron chi connectivity index (χ1n) is 5.14. The average Bonchev–Trinajstić information content (AvgIpc) is 2.83. The van der Waals surface area contributed by atoms with Crippen LogP contribution in [0.15, 0.2) is 48.6 Å². The first-order chi connectivity index (χ1) is 7.79. The molecule has 0 fully saturated rings. The number of rotatable bonds is 3. The van der Waals surface area contributed by atoms with Crippen molar-refractivity contribution >= 4 is 11.5 Å². The zero-order chi connectivity index (χ0) is 11.4. The lowest BCUT2D eigenvalue weighted by atomic mass is 9.99. The molecule has 1 aliphatic rings. The molecule has 0 amide bonds. The van der Waals surface area contributed by atoms with E-state index in [0.29, 0.717) is 12.1 Å². The van der Waals surface area contributed by atoms with Gasteiger partial charge in [0.1, 0.15) is 5.78 Å². The molecule has 78 valence electrons. The van der Waals surface area contributed by atoms with Crippen molar-refractivity contribution in [3.63, 3.8) is 0 Å². The van der Waals surface area contributed by atoms with Crippen molar-refractivity contribution < 1.29 is 4.79 Å². The Morgan fingerprint density at radius 2 is 1.81 bits per heavy atom. The smallest absolute Gasteiger partial charge is 0.187 e. The van der Waals surface area contributed by atoms with Gasteiger partial charge in [-0.25, -0.2) is 4.85 Å². The van der Waals surface area contributed by atoms with Crippen molar-refractivity contribution in [2.24, 2.45) is 5.92 Å². The highest BCUT2D eigenvalue weighted by Gasteiger charge is 2.14. The number of carbonyl (C=O) groups excluding carboxylic acids is 1. The third-order valence-corrected chi connectivity index (χ3v) is 2.56. The molecule has 1 aliphatic carbocycles. The van der Waals surface area contributed by atoms with Crippen LogP contribution in [0.4, 0.5) is 5.69 Å². The number of allylic oxidation sites excluding steroid dienone is 4. The van der Waals surface area contributed by atoms with Crippen LogP contribution < -0.4 is 0 Å². The average molecular weight is 209 g/mol. The Hall–Kier alpha value is -2.14. The minimum Gasteiger partial charge on any atom is -0.298 e. The highest BCUT2D eigenvalue weighted by atomic mass is 16.1. The van der Waals surface area contributed by atoms with E-state index >= 15 is 0 Å². The van der Waals surface area contributed by atoms with E-state index < -0.39 is 0 Å². The molecule has 0 radical (unpaired) electrons. The standard InChI is InChI=1S/C14H11NO/c1-15-13-8-6-11(7-9-13)10-14(16)12-4-2-3-5-12/h2-9,12H,10H2. The van der Waals surface area contributed by atoms with E-state index in [0.717, 1.165) is 5.56 Å². The van der Waals surface area contributed by atoms with Gasteiger partial charge in [0, 0.05) is 6.42 Å². The Morgan fingerprint density at radius 1 is 1.19 bits per heavy atom. The SMILES string of the molecule is [C-]#[N+]c1ccc(CC(=O)C2C=CC=C2)cc1. The Kier molecular flexibility index (Phi) is 2.98. The monoisotopic (exact) mass is 209 g/mol. The third-order valence-electron chi connectivity index (χ3n) is 2.56. The van der Waals surface area contributed by atoms with Gasteiger partial charge in [-0.3, -0.25) is 4.79 Å². The van der Waals surface area contributed by atoms with E-state index in [1.165, 1.54) is 0 Å². The molecule has 2 rings (SSSR count). The fourth-order valence-corrected chi connectivity index (χ4v) is 1.65. The van der Waals surface area contributed by atoms with Gasteiger partial charge in [-0.15, -0.1) is 0 Å². The van der Waals surface area contributed by atoms with Gasteiger partial charge in [0.15, 0.2) is 5.69 Å². The number of hydrogen-bond acceptors (Lipinski definition) is 1. The second kappa shape index (κ2) is 4.59. The number of benzene rings is 1. The molecule has 0 atom stereocenters. The summed E-state index contributed by atoms with van der Waals surface area (Å²) in [6.07, 6.45) is 8.01. The minimum absolute atomic E-state index is 0.0689. The van der Waals surface area contributed by atoms with Crippen molar-refractivity contribution in [2.75, 3.05) is 0 Å². The molecule has 0 aliphatic heterocycles. The van der Waals surface area contributed by atoms with Gasteiger partial charge in [-0.2, -0.15) is 0 Å². The van der Waals surface area contributed by atoms with Crippen molar-refractivity contribution in [3.05, 3.63) is 65.6 Å². The number of nitrogens with zero attached hydrogens (tertiary/aromatic N) is 1. The maximum Gasteiger partial charge on any atom is 0.187 e. The molecule has 0 aromatic heterocycles. The number of carbonyl (C=O) groups is 1. The van der Waals surface area contributed by atoms with Crippen molar-refractivity contribution in [1.82, 2.24) is 0 Å². The van der Waals surface area contributed by atoms with Crippen LogP contribution in [0.5, 0.6) is 0 Å². The molecular weight excluding hydrogens is 198 g/mol. The molecule has 2 heteroatoms. The molecule has 1 aromatic carbocycles. The van der Waals surface area contributed by atoms with Crippen molar-refractivity contribution in [3.8, 4) is 0 Å². The van der Waals surface area contributed by atoms with Crippen LogP contribution in [0, 0.1) is 12.5 Å². The highest BCUT2D eigenvalue weighted by Crippen LogP contribution is 2.16. The van der Waals surface area contributed by atoms with Gasteiger partial charge in [0.2, 0.25) is 0 Å². The van der Waals surface area contributed by atoms with Crippen LogP contribution in [-0.4, -0.2) is 5.78 Å². The lowest BCUT2D eigenvalue weighted by Gasteiger charge is -2.04. The molecule has 0 unspecified atom stereocenters. The van der Waals surface area contributed by atoms with Crippen molar-refractivity contribution in [2.45, 2.75) is 6.42 Å². The molecule has 0 heterocycles. The van der Waals surface area contributed by atoms with Gasteiger partial charge >= 0.3 is 0 Å². The van der Waals surface area contributed by atoms with Crippen LogP contribution in [0.2, 0.25) is 0 Å². The largest absolute Gasteiger partial charge is 0.298 e. The maximum absolute atomic E-state index is 11.8. The fourth-order valence-electron chi connectivity index (χ4n) is 1.65. The Balaban J connectivity index is 2.04. The molecule has 0 saturated heterocycles. The summed E-state index contributed by atoms with van der Waals surface area (Å²) in [4.78, 5) is 15.1. The molecule has 1 aromatic rings. The molecule has 2 nitrogen and oxygen atoms in total.